The van der Waals surface area contributed by atoms with E-state index < -0.39 is 0 Å². The zero-order chi connectivity index (χ0) is 15.8. The molecule has 0 atom stereocenters. The number of pyridine rings is 1. The summed E-state index contributed by atoms with van der Waals surface area (Å²) in [6.07, 6.45) is 3.40. The Bertz CT molecular complexity index is 1050. The van der Waals surface area contributed by atoms with Crippen LogP contribution in [-0.4, -0.2) is 28.0 Å². The van der Waals surface area contributed by atoms with E-state index in [9.17, 15) is 4.79 Å². The lowest BCUT2D eigenvalue weighted by Gasteiger charge is -2.02. The van der Waals surface area contributed by atoms with E-state index in [2.05, 4.69) is 32.3 Å². The molecule has 4 aromatic rings. The van der Waals surface area contributed by atoms with E-state index in [0.717, 1.165) is 22.2 Å². The van der Waals surface area contributed by atoms with Crippen molar-refractivity contribution in [3.05, 3.63) is 65.2 Å². The highest BCUT2D eigenvalue weighted by molar-refractivity contribution is 6.33. The van der Waals surface area contributed by atoms with Crippen molar-refractivity contribution in [1.82, 2.24) is 20.2 Å². The van der Waals surface area contributed by atoms with Crippen molar-refractivity contribution in [2.45, 2.75) is 0 Å². The van der Waals surface area contributed by atoms with Crippen LogP contribution in [0.4, 0.5) is 0 Å². The molecule has 5 nitrogen and oxygen atoms in total. The molecule has 110 valence electrons. The minimum atomic E-state index is -0.217. The molecule has 0 aliphatic rings. The van der Waals surface area contributed by atoms with Gasteiger partial charge in [-0.15, -0.1) is 0 Å². The van der Waals surface area contributed by atoms with Gasteiger partial charge in [0.25, 0.3) is 5.56 Å². The van der Waals surface area contributed by atoms with Gasteiger partial charge < -0.3 is 4.98 Å². The average molecular weight is 300 g/mol. The molecule has 0 bridgehead atoms. The topological polar surface area (TPSA) is 74.4 Å². The van der Waals surface area contributed by atoms with Crippen LogP contribution in [-0.2, 0) is 0 Å². The minimum absolute atomic E-state index is 0.217. The highest BCUT2D eigenvalue weighted by Crippen LogP contribution is 2.23. The fourth-order valence-electron chi connectivity index (χ4n) is 2.66. The second-order valence-electron chi connectivity index (χ2n) is 5.51. The second-order valence-corrected chi connectivity index (χ2v) is 5.51. The van der Waals surface area contributed by atoms with Crippen molar-refractivity contribution < 1.29 is 0 Å². The molecule has 0 saturated heterocycles. The molecule has 0 fully saturated rings. The third-order valence-corrected chi connectivity index (χ3v) is 3.85. The number of benzene rings is 1. The predicted molar refractivity (Wildman–Crippen MR) is 93.6 cm³/mol. The summed E-state index contributed by atoms with van der Waals surface area (Å²) in [5.41, 5.74) is 4.94. The molecule has 23 heavy (non-hydrogen) atoms. The van der Waals surface area contributed by atoms with Crippen LogP contribution in [0.5, 0.6) is 0 Å². The fraction of sp³-hybridized carbons (Fsp3) is 0. The maximum Gasteiger partial charge on any atom is 0.273 e. The lowest BCUT2D eigenvalue weighted by molar-refractivity contribution is 0.996. The molecule has 0 aliphatic carbocycles. The summed E-state index contributed by atoms with van der Waals surface area (Å²) in [6.45, 7) is 0. The molecule has 0 unspecified atom stereocenters. The van der Waals surface area contributed by atoms with Gasteiger partial charge in [-0.05, 0) is 35.7 Å². The lowest BCUT2D eigenvalue weighted by atomic mass is 9.96. The number of aromatic nitrogens is 4. The number of H-pyrrole nitrogens is 2. The molecule has 0 spiro atoms. The minimum Gasteiger partial charge on any atom is -0.354 e. The molecule has 0 radical (unpaired) electrons. The number of nitrogens with zero attached hydrogens (tertiary/aromatic N) is 2. The van der Waals surface area contributed by atoms with Crippen molar-refractivity contribution in [3.8, 4) is 22.5 Å². The SMILES string of the molecule is Bc1ccc2cc(-c3cc(-c4ccncc4)n[nH]c3=O)[nH]c2c1. The molecule has 2 N–H and O–H groups in total. The van der Waals surface area contributed by atoms with Crippen LogP contribution < -0.4 is 11.0 Å². The van der Waals surface area contributed by atoms with Gasteiger partial charge in [-0.25, -0.2) is 5.10 Å². The first kappa shape index (κ1) is 13.5. The lowest BCUT2D eigenvalue weighted by Crippen LogP contribution is -2.11. The van der Waals surface area contributed by atoms with Gasteiger partial charge in [-0.3, -0.25) is 9.78 Å². The Balaban J connectivity index is 1.88. The summed E-state index contributed by atoms with van der Waals surface area (Å²) in [5, 5.41) is 7.77. The highest BCUT2D eigenvalue weighted by Gasteiger charge is 2.10. The largest absolute Gasteiger partial charge is 0.354 e. The smallest absolute Gasteiger partial charge is 0.273 e. The van der Waals surface area contributed by atoms with Crippen LogP contribution in [0.2, 0.25) is 0 Å². The Kier molecular flexibility index (Phi) is 3.08. The first-order valence-electron chi connectivity index (χ1n) is 7.30. The number of aromatic amines is 2. The standard InChI is InChI=1S/C17H13BN4O/c18-12-2-1-11-7-16(20-14(11)8-12)13-9-15(21-22-17(13)23)10-3-5-19-6-4-10/h1-9,20H,18H2,(H,22,23). The molecule has 0 aliphatic heterocycles. The molecule has 3 aromatic heterocycles. The number of nitrogens with one attached hydrogen (secondary N) is 2. The summed E-state index contributed by atoms with van der Waals surface area (Å²) in [6, 6.07) is 13.7. The molecule has 3 heterocycles. The van der Waals surface area contributed by atoms with Crippen LogP contribution in [0.1, 0.15) is 0 Å². The normalized spacial score (nSPS) is 11.0. The number of hydrogen-bond donors (Lipinski definition) is 2. The van der Waals surface area contributed by atoms with Crippen molar-refractivity contribution >= 4 is 24.2 Å². The van der Waals surface area contributed by atoms with Crippen molar-refractivity contribution in [2.24, 2.45) is 0 Å². The molecular weight excluding hydrogens is 287 g/mol. The average Bonchev–Trinajstić information content (AvgIpc) is 2.99. The van der Waals surface area contributed by atoms with Gasteiger partial charge in [0.1, 0.15) is 7.85 Å². The van der Waals surface area contributed by atoms with E-state index in [1.54, 1.807) is 18.5 Å². The van der Waals surface area contributed by atoms with E-state index in [-0.39, 0.29) is 5.56 Å². The van der Waals surface area contributed by atoms with E-state index in [0.29, 0.717) is 11.3 Å². The first-order valence-corrected chi connectivity index (χ1v) is 7.30. The summed E-state index contributed by atoms with van der Waals surface area (Å²) >= 11 is 0. The molecule has 4 rings (SSSR count). The monoisotopic (exact) mass is 300 g/mol. The first-order chi connectivity index (χ1) is 11.2. The number of fused-ring (bicyclic) bond motifs is 1. The summed E-state index contributed by atoms with van der Waals surface area (Å²) in [7, 11) is 2.04. The third kappa shape index (κ3) is 2.44. The van der Waals surface area contributed by atoms with Crippen LogP contribution in [0.25, 0.3) is 33.4 Å². The van der Waals surface area contributed by atoms with E-state index in [1.165, 1.54) is 5.46 Å². The van der Waals surface area contributed by atoms with Crippen molar-refractivity contribution in [3.63, 3.8) is 0 Å². The maximum absolute atomic E-state index is 12.2. The summed E-state index contributed by atoms with van der Waals surface area (Å²) in [5.74, 6) is 0. The molecule has 0 saturated carbocycles. The summed E-state index contributed by atoms with van der Waals surface area (Å²) < 4.78 is 0. The van der Waals surface area contributed by atoms with Gasteiger partial charge in [0.15, 0.2) is 0 Å². The Labute approximate surface area is 132 Å². The van der Waals surface area contributed by atoms with Gasteiger partial charge >= 0.3 is 0 Å². The quantitative estimate of drug-likeness (QED) is 0.547. The maximum atomic E-state index is 12.2. The van der Waals surface area contributed by atoms with E-state index >= 15 is 0 Å². The zero-order valence-corrected chi connectivity index (χ0v) is 12.5. The molecule has 1 aromatic carbocycles. The van der Waals surface area contributed by atoms with Crippen molar-refractivity contribution in [1.29, 1.82) is 0 Å². The van der Waals surface area contributed by atoms with Gasteiger partial charge in [0.2, 0.25) is 0 Å². The van der Waals surface area contributed by atoms with Crippen LogP contribution in [0.15, 0.2) is 59.7 Å². The van der Waals surface area contributed by atoms with E-state index in [1.807, 2.05) is 32.1 Å². The third-order valence-electron chi connectivity index (χ3n) is 3.85. The van der Waals surface area contributed by atoms with Crippen LogP contribution in [0, 0.1) is 0 Å². The molecular formula is C17H13BN4O. The van der Waals surface area contributed by atoms with Gasteiger partial charge in [-0.1, -0.05) is 17.6 Å². The Hall–Kier alpha value is -3.15. The van der Waals surface area contributed by atoms with Crippen LogP contribution >= 0.6 is 0 Å². The zero-order valence-electron chi connectivity index (χ0n) is 12.5. The Morgan fingerprint density at radius 1 is 1.00 bits per heavy atom. The van der Waals surface area contributed by atoms with Crippen molar-refractivity contribution in [2.75, 3.05) is 0 Å². The van der Waals surface area contributed by atoms with Gasteiger partial charge in [-0.2, -0.15) is 5.10 Å². The summed E-state index contributed by atoms with van der Waals surface area (Å²) in [4.78, 5) is 19.5. The molecule has 0 amide bonds. The van der Waals surface area contributed by atoms with E-state index in [4.69, 9.17) is 0 Å². The Morgan fingerprint density at radius 2 is 1.83 bits per heavy atom. The number of hydrogen-bond acceptors (Lipinski definition) is 3. The second kappa shape index (κ2) is 5.24. The van der Waals surface area contributed by atoms with Gasteiger partial charge in [0.05, 0.1) is 17.0 Å². The highest BCUT2D eigenvalue weighted by atomic mass is 16.1. The Morgan fingerprint density at radius 3 is 2.65 bits per heavy atom. The molecule has 6 heteroatoms. The van der Waals surface area contributed by atoms with Crippen LogP contribution in [0.3, 0.4) is 0 Å². The predicted octanol–water partition coefficient (Wildman–Crippen LogP) is 1.24. The fourth-order valence-corrected chi connectivity index (χ4v) is 2.66. The van der Waals surface area contributed by atoms with Gasteiger partial charge in [0, 0.05) is 23.5 Å². The number of rotatable bonds is 2.